The number of pyridine rings is 1. The van der Waals surface area contributed by atoms with E-state index in [1.54, 1.807) is 0 Å². The van der Waals surface area contributed by atoms with E-state index in [2.05, 4.69) is 25.8 Å². The van der Waals surface area contributed by atoms with Crippen LogP contribution in [0.2, 0.25) is 0 Å². The predicted octanol–water partition coefficient (Wildman–Crippen LogP) is 4.60. The number of hydrogen-bond donors (Lipinski definition) is 0. The zero-order chi connectivity index (χ0) is 17.2. The molecule has 1 aromatic rings. The molecule has 1 amide bonds. The van der Waals surface area contributed by atoms with Crippen molar-refractivity contribution >= 4 is 5.91 Å². The van der Waals surface area contributed by atoms with E-state index < -0.39 is 0 Å². The smallest absolute Gasteiger partial charge is 0.229 e. The zero-order valence-corrected chi connectivity index (χ0v) is 15.5. The molecule has 0 aliphatic heterocycles. The van der Waals surface area contributed by atoms with E-state index in [0.29, 0.717) is 16.7 Å². The molecular weight excluding hydrogens is 296 g/mol. The van der Waals surface area contributed by atoms with Crippen molar-refractivity contribution in [3.8, 4) is 0 Å². The van der Waals surface area contributed by atoms with Gasteiger partial charge in [-0.1, -0.05) is 19.9 Å². The molecule has 130 valence electrons. The Morgan fingerprint density at radius 1 is 1.17 bits per heavy atom. The number of nitrogens with zero attached hydrogens (tertiary/aromatic N) is 2. The van der Waals surface area contributed by atoms with Gasteiger partial charge in [0.1, 0.15) is 0 Å². The summed E-state index contributed by atoms with van der Waals surface area (Å²) < 4.78 is 0. The van der Waals surface area contributed by atoms with E-state index in [-0.39, 0.29) is 11.5 Å². The van der Waals surface area contributed by atoms with Gasteiger partial charge in [0.2, 0.25) is 5.91 Å². The lowest BCUT2D eigenvalue weighted by Gasteiger charge is -2.65. The van der Waals surface area contributed by atoms with E-state index >= 15 is 0 Å². The second kappa shape index (κ2) is 5.06. The first-order valence-electron chi connectivity index (χ1n) is 9.43. The van der Waals surface area contributed by atoms with Crippen LogP contribution in [-0.4, -0.2) is 22.8 Å². The van der Waals surface area contributed by atoms with Gasteiger partial charge in [0.25, 0.3) is 0 Å². The van der Waals surface area contributed by atoms with Gasteiger partial charge in [0.15, 0.2) is 0 Å². The van der Waals surface area contributed by atoms with Crippen molar-refractivity contribution in [1.29, 1.82) is 0 Å². The quantitative estimate of drug-likeness (QED) is 0.813. The molecule has 4 aliphatic rings. The van der Waals surface area contributed by atoms with Crippen LogP contribution in [0.4, 0.5) is 0 Å². The molecule has 0 N–H and O–H groups in total. The van der Waals surface area contributed by atoms with Crippen molar-refractivity contribution in [1.82, 2.24) is 9.88 Å². The van der Waals surface area contributed by atoms with Crippen molar-refractivity contribution in [3.63, 3.8) is 0 Å². The number of carbonyl (C=O) groups is 1. The average Bonchev–Trinajstić information content (AvgIpc) is 2.50. The van der Waals surface area contributed by atoms with Crippen LogP contribution in [0, 0.1) is 22.2 Å². The van der Waals surface area contributed by atoms with Gasteiger partial charge in [-0.25, -0.2) is 0 Å². The van der Waals surface area contributed by atoms with Crippen molar-refractivity contribution < 1.29 is 4.79 Å². The number of rotatable bonds is 3. The van der Waals surface area contributed by atoms with Gasteiger partial charge in [0.05, 0.1) is 17.2 Å². The average molecular weight is 326 g/mol. The van der Waals surface area contributed by atoms with E-state index in [1.807, 2.05) is 36.3 Å². The Bertz CT molecular complexity index is 637. The summed E-state index contributed by atoms with van der Waals surface area (Å²) >= 11 is 0. The molecule has 0 spiro atoms. The molecule has 3 heteroatoms. The van der Waals surface area contributed by atoms with Crippen LogP contribution in [0.1, 0.15) is 71.0 Å². The minimum atomic E-state index is -0.124. The third-order valence-electron chi connectivity index (χ3n) is 7.10. The fourth-order valence-electron chi connectivity index (χ4n) is 7.06. The molecule has 1 heterocycles. The number of aromatic nitrogens is 1. The first kappa shape index (κ1) is 16.1. The Morgan fingerprint density at radius 3 is 2.38 bits per heavy atom. The summed E-state index contributed by atoms with van der Waals surface area (Å²) in [7, 11) is 1.98. The Balaban J connectivity index is 1.62. The molecule has 4 fully saturated rings. The van der Waals surface area contributed by atoms with Gasteiger partial charge in [-0.05, 0) is 74.3 Å². The highest BCUT2D eigenvalue weighted by Crippen LogP contribution is 2.69. The maximum atomic E-state index is 13.6. The molecule has 5 atom stereocenters. The molecule has 24 heavy (non-hydrogen) atoms. The molecule has 4 bridgehead atoms. The van der Waals surface area contributed by atoms with Crippen LogP contribution < -0.4 is 0 Å². The van der Waals surface area contributed by atoms with E-state index in [4.69, 9.17) is 0 Å². The van der Waals surface area contributed by atoms with E-state index in [0.717, 1.165) is 30.9 Å². The van der Waals surface area contributed by atoms with Crippen LogP contribution in [0.25, 0.3) is 0 Å². The van der Waals surface area contributed by atoms with Gasteiger partial charge >= 0.3 is 0 Å². The fourth-order valence-corrected chi connectivity index (χ4v) is 7.06. The molecule has 5 rings (SSSR count). The van der Waals surface area contributed by atoms with Crippen LogP contribution in [0.5, 0.6) is 0 Å². The monoisotopic (exact) mass is 326 g/mol. The molecule has 3 nitrogen and oxygen atoms in total. The van der Waals surface area contributed by atoms with E-state index in [1.165, 1.54) is 19.3 Å². The summed E-state index contributed by atoms with van der Waals surface area (Å²) in [6.45, 7) is 6.96. The first-order valence-corrected chi connectivity index (χ1v) is 9.43. The van der Waals surface area contributed by atoms with Crippen molar-refractivity contribution in [2.75, 3.05) is 7.05 Å². The minimum Gasteiger partial charge on any atom is -0.337 e. The summed E-state index contributed by atoms with van der Waals surface area (Å²) in [6.07, 6.45) is 9.07. The lowest BCUT2D eigenvalue weighted by molar-refractivity contribution is -0.180. The van der Waals surface area contributed by atoms with Gasteiger partial charge in [0, 0.05) is 13.2 Å². The second-order valence-electron chi connectivity index (χ2n) is 9.76. The lowest BCUT2D eigenvalue weighted by Crippen LogP contribution is -2.60. The van der Waals surface area contributed by atoms with E-state index in [9.17, 15) is 4.79 Å². The predicted molar refractivity (Wildman–Crippen MR) is 95.3 cm³/mol. The molecule has 4 saturated carbocycles. The minimum absolute atomic E-state index is 0.0346. The Kier molecular flexibility index (Phi) is 3.40. The van der Waals surface area contributed by atoms with Gasteiger partial charge < -0.3 is 4.90 Å². The molecule has 0 saturated heterocycles. The maximum absolute atomic E-state index is 13.6. The third kappa shape index (κ3) is 2.39. The van der Waals surface area contributed by atoms with Gasteiger partial charge in [-0.15, -0.1) is 0 Å². The SMILES string of the molecule is C[C@H](c1ccccn1)N(C)C(=O)C12CC3C[C@@](C)(C1)C[C@](C)(C3)C2. The summed E-state index contributed by atoms with van der Waals surface area (Å²) in [5, 5.41) is 0. The van der Waals surface area contributed by atoms with Crippen LogP contribution in [0.15, 0.2) is 24.4 Å². The third-order valence-corrected chi connectivity index (χ3v) is 7.10. The van der Waals surface area contributed by atoms with Gasteiger partial charge in [-0.2, -0.15) is 0 Å². The highest BCUT2D eigenvalue weighted by Gasteiger charge is 2.63. The fraction of sp³-hybridized carbons (Fsp3) is 0.714. The molecule has 1 aromatic heterocycles. The summed E-state index contributed by atoms with van der Waals surface area (Å²) in [4.78, 5) is 20.0. The molecular formula is C21H30N2O. The standard InChI is InChI=1S/C21H30N2O/c1-15(17-7-5-6-8-22-17)23(4)18(24)21-11-16-9-19(2,13-21)12-20(3,10-16)14-21/h5-8,15-16H,9-14H2,1-4H3/t15-,16?,19-,20+,21?/m1/s1. The summed E-state index contributed by atoms with van der Waals surface area (Å²) in [5.41, 5.74) is 1.61. The van der Waals surface area contributed by atoms with Crippen LogP contribution in [-0.2, 0) is 4.79 Å². The van der Waals surface area contributed by atoms with Crippen LogP contribution in [0.3, 0.4) is 0 Å². The topological polar surface area (TPSA) is 33.2 Å². The van der Waals surface area contributed by atoms with Crippen LogP contribution >= 0.6 is 0 Å². The molecule has 2 unspecified atom stereocenters. The maximum Gasteiger partial charge on any atom is 0.229 e. The van der Waals surface area contributed by atoms with Crippen molar-refractivity contribution in [3.05, 3.63) is 30.1 Å². The summed E-state index contributed by atoms with van der Waals surface area (Å²) in [6, 6.07) is 5.99. The Hall–Kier alpha value is -1.38. The van der Waals surface area contributed by atoms with Gasteiger partial charge in [-0.3, -0.25) is 9.78 Å². The van der Waals surface area contributed by atoms with Crippen molar-refractivity contribution in [2.45, 2.75) is 65.3 Å². The normalized spacial score (nSPS) is 41.2. The summed E-state index contributed by atoms with van der Waals surface area (Å²) in [5.74, 6) is 1.11. The number of carbonyl (C=O) groups excluding carboxylic acids is 1. The first-order chi connectivity index (χ1) is 11.2. The molecule has 0 radical (unpaired) electrons. The lowest BCUT2D eigenvalue weighted by atomic mass is 9.40. The Labute approximate surface area is 145 Å². The molecule has 4 aliphatic carbocycles. The highest BCUT2D eigenvalue weighted by molar-refractivity contribution is 5.83. The number of hydrogen-bond acceptors (Lipinski definition) is 2. The zero-order valence-electron chi connectivity index (χ0n) is 15.5. The molecule has 0 aromatic carbocycles. The largest absolute Gasteiger partial charge is 0.337 e. The number of amides is 1. The Morgan fingerprint density at radius 2 is 1.83 bits per heavy atom. The highest BCUT2D eigenvalue weighted by atomic mass is 16.2. The van der Waals surface area contributed by atoms with Crippen molar-refractivity contribution in [2.24, 2.45) is 22.2 Å². The second-order valence-corrected chi connectivity index (χ2v) is 9.76.